The summed E-state index contributed by atoms with van der Waals surface area (Å²) in [6, 6.07) is -0.0226. The number of likely N-dealkylation sites (N-methyl/N-ethyl adjacent to an activating group) is 1. The molecule has 1 unspecified atom stereocenters. The van der Waals surface area contributed by atoms with Crippen LogP contribution >= 0.6 is 0 Å². The van der Waals surface area contributed by atoms with Gasteiger partial charge in [-0.05, 0) is 19.5 Å². The second-order valence-corrected chi connectivity index (χ2v) is 3.47. The molecule has 90 valence electrons. The third-order valence-corrected chi connectivity index (χ3v) is 2.59. The van der Waals surface area contributed by atoms with Gasteiger partial charge in [0.2, 0.25) is 0 Å². The van der Waals surface area contributed by atoms with Crippen molar-refractivity contribution >= 4 is 5.84 Å². The van der Waals surface area contributed by atoms with Crippen LogP contribution in [-0.2, 0) is 0 Å². The van der Waals surface area contributed by atoms with Crippen molar-refractivity contribution in [1.82, 2.24) is 10.2 Å². The number of nitrogens with zero attached hydrogens (tertiary/aromatic N) is 2. The number of rotatable bonds is 8. The number of oxime groups is 1. The summed E-state index contributed by atoms with van der Waals surface area (Å²) >= 11 is 0. The maximum absolute atomic E-state index is 8.55. The molecule has 0 bridgehead atoms. The molecule has 4 N–H and O–H groups in total. The second kappa shape index (κ2) is 8.49. The van der Waals surface area contributed by atoms with Gasteiger partial charge in [0.15, 0.2) is 5.84 Å². The third kappa shape index (κ3) is 5.59. The predicted molar refractivity (Wildman–Crippen MR) is 63.3 cm³/mol. The molecule has 0 rings (SSSR count). The van der Waals surface area contributed by atoms with Gasteiger partial charge in [-0.1, -0.05) is 25.9 Å². The zero-order chi connectivity index (χ0) is 11.7. The number of nitrogens with two attached hydrogens (primary N) is 1. The predicted octanol–water partition coefficient (Wildman–Crippen LogP) is 0.443. The van der Waals surface area contributed by atoms with E-state index in [0.717, 1.165) is 32.6 Å². The molecular formula is C10H24N4O. The fraction of sp³-hybridized carbons (Fsp3) is 0.900. The van der Waals surface area contributed by atoms with Gasteiger partial charge in [0.05, 0.1) is 6.04 Å². The van der Waals surface area contributed by atoms with Crippen molar-refractivity contribution in [2.75, 3.05) is 26.2 Å². The number of amidine groups is 1. The molecule has 0 radical (unpaired) electrons. The summed E-state index contributed by atoms with van der Waals surface area (Å²) in [5, 5.41) is 14.8. The standard InChI is InChI=1S/C10H24N4O/c1-4-9(10(11)13-15)12-7-8-14(5-2)6-3/h9,12,15H,4-8H2,1-3H3,(H2,11,13). The fourth-order valence-electron chi connectivity index (χ4n) is 1.46. The largest absolute Gasteiger partial charge is 0.409 e. The molecule has 0 spiro atoms. The average Bonchev–Trinajstić information content (AvgIpc) is 2.28. The SMILES string of the molecule is CCC(NCCN(CC)CC)C(N)=NO. The van der Waals surface area contributed by atoms with E-state index in [9.17, 15) is 0 Å². The van der Waals surface area contributed by atoms with Gasteiger partial charge in [0.1, 0.15) is 0 Å². The van der Waals surface area contributed by atoms with Crippen LogP contribution < -0.4 is 11.1 Å². The number of hydrogen-bond acceptors (Lipinski definition) is 4. The van der Waals surface area contributed by atoms with E-state index in [0.29, 0.717) is 0 Å². The molecule has 15 heavy (non-hydrogen) atoms. The summed E-state index contributed by atoms with van der Waals surface area (Å²) in [6.45, 7) is 10.2. The van der Waals surface area contributed by atoms with E-state index in [1.54, 1.807) is 0 Å². The molecule has 0 aromatic heterocycles. The minimum absolute atomic E-state index is 0.0226. The Kier molecular flexibility index (Phi) is 8.04. The summed E-state index contributed by atoms with van der Waals surface area (Å²) < 4.78 is 0. The van der Waals surface area contributed by atoms with Crippen LogP contribution in [0.3, 0.4) is 0 Å². The first kappa shape index (κ1) is 14.2. The van der Waals surface area contributed by atoms with Crippen molar-refractivity contribution in [1.29, 1.82) is 0 Å². The Balaban J connectivity index is 3.81. The first-order chi connectivity index (χ1) is 7.19. The summed E-state index contributed by atoms with van der Waals surface area (Å²) in [5.74, 6) is 0.261. The molecule has 0 aliphatic carbocycles. The molecule has 1 atom stereocenters. The normalized spacial score (nSPS) is 14.5. The molecule has 5 heteroatoms. The van der Waals surface area contributed by atoms with E-state index in [-0.39, 0.29) is 11.9 Å². The van der Waals surface area contributed by atoms with Crippen molar-refractivity contribution < 1.29 is 5.21 Å². The molecule has 0 amide bonds. The molecule has 0 aliphatic rings. The Morgan fingerprint density at radius 1 is 1.40 bits per heavy atom. The molecule has 0 fully saturated rings. The van der Waals surface area contributed by atoms with Crippen LogP contribution in [0, 0.1) is 0 Å². The van der Waals surface area contributed by atoms with Crippen LogP contribution in [0.2, 0.25) is 0 Å². The lowest BCUT2D eigenvalue weighted by Crippen LogP contribution is -2.44. The summed E-state index contributed by atoms with van der Waals surface area (Å²) in [5.41, 5.74) is 5.53. The van der Waals surface area contributed by atoms with Crippen LogP contribution in [0.4, 0.5) is 0 Å². The van der Waals surface area contributed by atoms with Gasteiger partial charge >= 0.3 is 0 Å². The summed E-state index contributed by atoms with van der Waals surface area (Å²) in [4.78, 5) is 2.33. The minimum atomic E-state index is -0.0226. The Morgan fingerprint density at radius 2 is 2.00 bits per heavy atom. The first-order valence-electron chi connectivity index (χ1n) is 5.62. The zero-order valence-electron chi connectivity index (χ0n) is 10.0. The molecule has 0 saturated heterocycles. The molecular weight excluding hydrogens is 192 g/mol. The van der Waals surface area contributed by atoms with Crippen molar-refractivity contribution in [3.05, 3.63) is 0 Å². The van der Waals surface area contributed by atoms with Crippen LogP contribution in [0.15, 0.2) is 5.16 Å². The molecule has 0 saturated carbocycles. The third-order valence-electron chi connectivity index (χ3n) is 2.59. The fourth-order valence-corrected chi connectivity index (χ4v) is 1.46. The Bertz CT molecular complexity index is 180. The van der Waals surface area contributed by atoms with E-state index in [1.165, 1.54) is 0 Å². The minimum Gasteiger partial charge on any atom is -0.409 e. The second-order valence-electron chi connectivity index (χ2n) is 3.47. The quantitative estimate of drug-likeness (QED) is 0.238. The summed E-state index contributed by atoms with van der Waals surface area (Å²) in [7, 11) is 0. The van der Waals surface area contributed by atoms with E-state index in [1.807, 2.05) is 6.92 Å². The van der Waals surface area contributed by atoms with Crippen molar-refractivity contribution in [3.8, 4) is 0 Å². The smallest absolute Gasteiger partial charge is 0.156 e. The Hall–Kier alpha value is -0.810. The maximum atomic E-state index is 8.55. The topological polar surface area (TPSA) is 73.9 Å². The maximum Gasteiger partial charge on any atom is 0.156 e. The molecule has 0 aromatic carbocycles. The van der Waals surface area contributed by atoms with Gasteiger partial charge < -0.3 is 21.2 Å². The lowest BCUT2D eigenvalue weighted by atomic mass is 10.2. The number of nitrogens with one attached hydrogen (secondary N) is 1. The van der Waals surface area contributed by atoms with Crippen molar-refractivity contribution in [3.63, 3.8) is 0 Å². The Labute approximate surface area is 92.3 Å². The van der Waals surface area contributed by atoms with Gasteiger partial charge in [0.25, 0.3) is 0 Å². The van der Waals surface area contributed by atoms with E-state index >= 15 is 0 Å². The van der Waals surface area contributed by atoms with Crippen LogP contribution in [-0.4, -0.2) is 48.2 Å². The van der Waals surface area contributed by atoms with Gasteiger partial charge in [0, 0.05) is 13.1 Å². The highest BCUT2D eigenvalue weighted by atomic mass is 16.4. The highest BCUT2D eigenvalue weighted by molar-refractivity contribution is 5.85. The van der Waals surface area contributed by atoms with Crippen LogP contribution in [0.1, 0.15) is 27.2 Å². The van der Waals surface area contributed by atoms with E-state index in [4.69, 9.17) is 10.9 Å². The Morgan fingerprint density at radius 3 is 2.40 bits per heavy atom. The van der Waals surface area contributed by atoms with Gasteiger partial charge in [-0.2, -0.15) is 0 Å². The van der Waals surface area contributed by atoms with E-state index in [2.05, 4.69) is 29.2 Å². The first-order valence-corrected chi connectivity index (χ1v) is 5.62. The van der Waals surface area contributed by atoms with Gasteiger partial charge in [-0.15, -0.1) is 0 Å². The number of hydrogen-bond donors (Lipinski definition) is 3. The monoisotopic (exact) mass is 216 g/mol. The highest BCUT2D eigenvalue weighted by Crippen LogP contribution is 1.91. The zero-order valence-corrected chi connectivity index (χ0v) is 10.0. The lowest BCUT2D eigenvalue weighted by Gasteiger charge is -2.20. The molecule has 0 aliphatic heterocycles. The molecule has 5 nitrogen and oxygen atoms in total. The average molecular weight is 216 g/mol. The van der Waals surface area contributed by atoms with Crippen LogP contribution in [0.25, 0.3) is 0 Å². The lowest BCUT2D eigenvalue weighted by molar-refractivity contribution is 0.296. The molecule has 0 aromatic rings. The van der Waals surface area contributed by atoms with Crippen LogP contribution in [0.5, 0.6) is 0 Å². The van der Waals surface area contributed by atoms with Crippen molar-refractivity contribution in [2.24, 2.45) is 10.9 Å². The van der Waals surface area contributed by atoms with E-state index < -0.39 is 0 Å². The van der Waals surface area contributed by atoms with Crippen molar-refractivity contribution in [2.45, 2.75) is 33.2 Å². The molecule has 0 heterocycles. The van der Waals surface area contributed by atoms with Gasteiger partial charge in [-0.25, -0.2) is 0 Å². The summed E-state index contributed by atoms with van der Waals surface area (Å²) in [6.07, 6.45) is 0.828. The highest BCUT2D eigenvalue weighted by Gasteiger charge is 2.10. The van der Waals surface area contributed by atoms with Gasteiger partial charge in [-0.3, -0.25) is 0 Å².